The first-order chi connectivity index (χ1) is 18.1. The van der Waals surface area contributed by atoms with Crippen LogP contribution in [0.3, 0.4) is 0 Å². The van der Waals surface area contributed by atoms with Crippen molar-refractivity contribution in [2.75, 3.05) is 39.0 Å². The molecular weight excluding hydrogens is 490 g/mol. The Hall–Kier alpha value is -3.99. The van der Waals surface area contributed by atoms with Crippen LogP contribution in [-0.2, 0) is 0 Å². The van der Waals surface area contributed by atoms with E-state index in [-0.39, 0.29) is 34.7 Å². The highest BCUT2D eigenvalue weighted by Crippen LogP contribution is 2.30. The molecular formula is C27H30F2N8O. The predicted octanol–water partition coefficient (Wildman–Crippen LogP) is 4.43. The van der Waals surface area contributed by atoms with Crippen molar-refractivity contribution in [3.05, 3.63) is 59.7 Å². The number of nitrogens with one attached hydrogen (secondary N) is 1. The first-order valence-corrected chi connectivity index (χ1v) is 12.5. The molecule has 0 radical (unpaired) electrons. The van der Waals surface area contributed by atoms with Gasteiger partial charge in [0.1, 0.15) is 22.9 Å². The molecule has 1 amide bonds. The summed E-state index contributed by atoms with van der Waals surface area (Å²) >= 11 is 0. The van der Waals surface area contributed by atoms with Crippen LogP contribution in [0.15, 0.2) is 36.7 Å². The molecule has 5 rings (SSSR count). The van der Waals surface area contributed by atoms with Crippen LogP contribution in [0.2, 0.25) is 0 Å². The molecule has 1 aromatic carbocycles. The smallest absolute Gasteiger partial charge is 0.255 e. The number of rotatable bonds is 7. The number of aromatic nitrogens is 5. The van der Waals surface area contributed by atoms with E-state index >= 15 is 0 Å². The molecule has 0 saturated carbocycles. The number of imidazole rings is 1. The lowest BCUT2D eigenvalue weighted by atomic mass is 9.99. The Morgan fingerprint density at radius 1 is 1.11 bits per heavy atom. The van der Waals surface area contributed by atoms with Crippen LogP contribution >= 0.6 is 0 Å². The Morgan fingerprint density at radius 3 is 2.53 bits per heavy atom. The molecule has 11 heteroatoms. The first-order valence-electron chi connectivity index (χ1n) is 12.5. The number of pyridine rings is 1. The van der Waals surface area contributed by atoms with E-state index in [1.807, 2.05) is 39.4 Å². The van der Waals surface area contributed by atoms with Gasteiger partial charge in [0.05, 0.1) is 17.3 Å². The van der Waals surface area contributed by atoms with E-state index in [1.54, 1.807) is 23.1 Å². The molecule has 1 fully saturated rings. The lowest BCUT2D eigenvalue weighted by Crippen LogP contribution is -2.53. The van der Waals surface area contributed by atoms with Gasteiger partial charge in [-0.2, -0.15) is 0 Å². The highest BCUT2D eigenvalue weighted by Gasteiger charge is 2.31. The molecule has 3 aromatic heterocycles. The predicted molar refractivity (Wildman–Crippen MR) is 141 cm³/mol. The molecule has 1 N–H and O–H groups in total. The van der Waals surface area contributed by atoms with Gasteiger partial charge in [0.25, 0.3) is 5.91 Å². The molecule has 0 unspecified atom stereocenters. The molecule has 198 valence electrons. The van der Waals surface area contributed by atoms with Crippen molar-refractivity contribution in [3.8, 4) is 11.3 Å². The summed E-state index contributed by atoms with van der Waals surface area (Å²) in [6.45, 7) is 8.17. The molecule has 1 aliphatic heterocycles. The number of amides is 1. The van der Waals surface area contributed by atoms with E-state index in [0.717, 1.165) is 25.8 Å². The standard InChI is InChI=1S/C27H30F2N8O/c1-15(2)37-16(3)32-25-20(28)8-19(9-22(25)37)24-21(29)11-31-27(34-24)33-23-7-6-18(10-30-23)26(38)36-13-17(14-36)12-35(4)5/h6-11,15,17H,12-14H2,1-5H3,(H,30,31,33,34). The molecule has 0 aliphatic carbocycles. The minimum absolute atomic E-state index is 0.0450. The van der Waals surface area contributed by atoms with Gasteiger partial charge in [-0.15, -0.1) is 0 Å². The van der Waals surface area contributed by atoms with Crippen molar-refractivity contribution < 1.29 is 13.6 Å². The number of hydrogen-bond donors (Lipinski definition) is 1. The largest absolute Gasteiger partial charge is 0.338 e. The zero-order valence-corrected chi connectivity index (χ0v) is 22.0. The Bertz CT molecular complexity index is 1490. The second-order valence-corrected chi connectivity index (χ2v) is 10.2. The molecule has 1 aliphatic rings. The van der Waals surface area contributed by atoms with Gasteiger partial charge in [0, 0.05) is 43.4 Å². The fourth-order valence-electron chi connectivity index (χ4n) is 4.95. The summed E-state index contributed by atoms with van der Waals surface area (Å²) in [5, 5.41) is 2.94. The van der Waals surface area contributed by atoms with Gasteiger partial charge in [-0.25, -0.2) is 28.7 Å². The zero-order valence-electron chi connectivity index (χ0n) is 22.0. The molecule has 38 heavy (non-hydrogen) atoms. The normalized spacial score (nSPS) is 14.0. The summed E-state index contributed by atoms with van der Waals surface area (Å²) in [4.78, 5) is 33.6. The third kappa shape index (κ3) is 4.93. The number of aryl methyl sites for hydroxylation is 1. The number of hydrogen-bond acceptors (Lipinski definition) is 7. The lowest BCUT2D eigenvalue weighted by Gasteiger charge is -2.40. The highest BCUT2D eigenvalue weighted by molar-refractivity contribution is 5.94. The van der Waals surface area contributed by atoms with Crippen LogP contribution in [0.25, 0.3) is 22.3 Å². The molecule has 0 atom stereocenters. The van der Waals surface area contributed by atoms with Gasteiger partial charge in [0.15, 0.2) is 11.6 Å². The van der Waals surface area contributed by atoms with Crippen LogP contribution in [0.1, 0.15) is 36.1 Å². The van der Waals surface area contributed by atoms with E-state index in [2.05, 4.69) is 30.2 Å². The second-order valence-electron chi connectivity index (χ2n) is 10.2. The SMILES string of the molecule is Cc1nc2c(F)cc(-c3nc(Nc4ccc(C(=O)N5CC(CN(C)C)C5)cn4)ncc3F)cc2n1C(C)C. The van der Waals surface area contributed by atoms with Crippen molar-refractivity contribution in [1.82, 2.24) is 34.3 Å². The number of anilines is 2. The summed E-state index contributed by atoms with van der Waals surface area (Å²) in [5.74, 6) is 0.346. The number of nitrogens with zero attached hydrogens (tertiary/aromatic N) is 7. The maximum Gasteiger partial charge on any atom is 0.255 e. The fourth-order valence-corrected chi connectivity index (χ4v) is 4.95. The summed E-state index contributed by atoms with van der Waals surface area (Å²) < 4.78 is 31.6. The second kappa shape index (κ2) is 10.1. The van der Waals surface area contributed by atoms with Crippen LogP contribution in [0, 0.1) is 24.5 Å². The van der Waals surface area contributed by atoms with Crippen molar-refractivity contribution in [3.63, 3.8) is 0 Å². The minimum atomic E-state index is -0.683. The summed E-state index contributed by atoms with van der Waals surface area (Å²) in [5.41, 5.74) is 1.51. The van der Waals surface area contributed by atoms with Crippen molar-refractivity contribution in [2.24, 2.45) is 5.92 Å². The van der Waals surface area contributed by atoms with Crippen molar-refractivity contribution >= 4 is 28.7 Å². The van der Waals surface area contributed by atoms with E-state index in [0.29, 0.717) is 28.6 Å². The summed E-state index contributed by atoms with van der Waals surface area (Å²) in [6.07, 6.45) is 2.52. The third-order valence-corrected chi connectivity index (χ3v) is 6.58. The van der Waals surface area contributed by atoms with Gasteiger partial charge in [-0.3, -0.25) is 4.79 Å². The number of carbonyl (C=O) groups is 1. The number of halogens is 2. The highest BCUT2D eigenvalue weighted by atomic mass is 19.1. The molecule has 4 aromatic rings. The number of benzene rings is 1. The van der Waals surface area contributed by atoms with E-state index in [9.17, 15) is 13.6 Å². The zero-order chi connectivity index (χ0) is 27.1. The van der Waals surface area contributed by atoms with Crippen molar-refractivity contribution in [1.29, 1.82) is 0 Å². The van der Waals surface area contributed by atoms with Gasteiger partial charge in [0.2, 0.25) is 5.95 Å². The summed E-state index contributed by atoms with van der Waals surface area (Å²) in [6, 6.07) is 6.28. The van der Waals surface area contributed by atoms with Gasteiger partial charge in [-0.1, -0.05) is 0 Å². The molecule has 0 bridgehead atoms. The van der Waals surface area contributed by atoms with Crippen LogP contribution in [0.4, 0.5) is 20.5 Å². The maximum atomic E-state index is 14.9. The van der Waals surface area contributed by atoms with E-state index < -0.39 is 11.6 Å². The Labute approximate surface area is 219 Å². The maximum absolute atomic E-state index is 14.9. The van der Waals surface area contributed by atoms with Gasteiger partial charge < -0.3 is 19.7 Å². The third-order valence-electron chi connectivity index (χ3n) is 6.58. The minimum Gasteiger partial charge on any atom is -0.338 e. The fraction of sp³-hybridized carbons (Fsp3) is 0.370. The van der Waals surface area contributed by atoms with Crippen LogP contribution in [0.5, 0.6) is 0 Å². The van der Waals surface area contributed by atoms with Crippen LogP contribution in [-0.4, -0.2) is 73.9 Å². The topological polar surface area (TPSA) is 92.1 Å². The van der Waals surface area contributed by atoms with Crippen LogP contribution < -0.4 is 5.32 Å². The van der Waals surface area contributed by atoms with E-state index in [4.69, 9.17) is 0 Å². The monoisotopic (exact) mass is 520 g/mol. The van der Waals surface area contributed by atoms with Gasteiger partial charge in [-0.05, 0) is 59.1 Å². The Balaban J connectivity index is 1.35. The number of likely N-dealkylation sites (tertiary alicyclic amines) is 1. The van der Waals surface area contributed by atoms with E-state index in [1.165, 1.54) is 12.3 Å². The number of carbonyl (C=O) groups excluding carboxylic acids is 1. The van der Waals surface area contributed by atoms with Crippen molar-refractivity contribution in [2.45, 2.75) is 26.8 Å². The Kier molecular flexibility index (Phi) is 6.78. The summed E-state index contributed by atoms with van der Waals surface area (Å²) in [7, 11) is 4.04. The Morgan fingerprint density at radius 2 is 1.87 bits per heavy atom. The molecule has 1 saturated heterocycles. The molecule has 0 spiro atoms. The quantitative estimate of drug-likeness (QED) is 0.385. The molecule has 4 heterocycles. The first kappa shape index (κ1) is 25.7. The lowest BCUT2D eigenvalue weighted by molar-refractivity contribution is 0.0450. The van der Waals surface area contributed by atoms with Gasteiger partial charge >= 0.3 is 0 Å². The average Bonchev–Trinajstić information content (AvgIpc) is 3.19. The average molecular weight is 521 g/mol. The number of fused-ring (bicyclic) bond motifs is 1. The molecule has 9 nitrogen and oxygen atoms in total.